The fourth-order valence-corrected chi connectivity index (χ4v) is 1.03. The Morgan fingerprint density at radius 3 is 2.50 bits per heavy atom. The lowest BCUT2D eigenvalue weighted by Crippen LogP contribution is -2.33. The molecule has 0 aromatic rings. The topological polar surface area (TPSA) is 15.3 Å². The van der Waals surface area contributed by atoms with Crippen molar-refractivity contribution in [1.82, 2.24) is 10.4 Å². The van der Waals surface area contributed by atoms with Gasteiger partial charge in [0.15, 0.2) is 0 Å². The second-order valence-corrected chi connectivity index (χ2v) is 2.58. The molecule has 1 unspecified atom stereocenters. The van der Waals surface area contributed by atoms with Crippen LogP contribution >= 0.6 is 0 Å². The minimum Gasteiger partial charge on any atom is -0.320 e. The summed E-state index contributed by atoms with van der Waals surface area (Å²) in [5, 5.41) is 1.77. The van der Waals surface area contributed by atoms with E-state index >= 15 is 0 Å². The molecule has 1 heterocycles. The third kappa shape index (κ3) is 1.01. The van der Waals surface area contributed by atoms with E-state index in [0.717, 1.165) is 12.1 Å². The molecule has 0 fully saturated rings. The summed E-state index contributed by atoms with van der Waals surface area (Å²) < 4.78 is 13.0. The Morgan fingerprint density at radius 2 is 2.30 bits per heavy atom. The minimum atomic E-state index is -0.102. The molecule has 1 aliphatic rings. The van der Waals surface area contributed by atoms with E-state index in [1.54, 1.807) is 5.01 Å². The Hall–Kier alpha value is -0.570. The number of likely N-dealkylation sites (N-methyl/N-ethyl adjacent to an activating group) is 1. The molecule has 0 spiro atoms. The van der Waals surface area contributed by atoms with Crippen LogP contribution in [0.15, 0.2) is 11.5 Å². The molecule has 2 nitrogen and oxygen atoms in total. The van der Waals surface area contributed by atoms with Crippen molar-refractivity contribution in [1.29, 1.82) is 0 Å². The first-order valence-electron chi connectivity index (χ1n) is 3.54. The maximum Gasteiger partial charge on any atom is 0.139 e. The maximum absolute atomic E-state index is 13.0. The molecule has 0 bridgehead atoms. The summed E-state index contributed by atoms with van der Waals surface area (Å²) in [5.41, 5.74) is 3.66. The van der Waals surface area contributed by atoms with Crippen LogP contribution < -0.4 is 5.43 Å². The van der Waals surface area contributed by atoms with Crippen LogP contribution in [-0.2, 0) is 0 Å². The SMILES string of the molecule is CCC1=C(F)C(C)N(C)N1. The second kappa shape index (κ2) is 2.58. The lowest BCUT2D eigenvalue weighted by Gasteiger charge is -2.14. The van der Waals surface area contributed by atoms with E-state index in [4.69, 9.17) is 0 Å². The third-order valence-corrected chi connectivity index (χ3v) is 1.90. The summed E-state index contributed by atoms with van der Waals surface area (Å²) >= 11 is 0. The van der Waals surface area contributed by atoms with Gasteiger partial charge in [-0.1, -0.05) is 6.92 Å². The van der Waals surface area contributed by atoms with Crippen LogP contribution in [0.4, 0.5) is 4.39 Å². The quantitative estimate of drug-likeness (QED) is 0.598. The predicted molar refractivity (Wildman–Crippen MR) is 38.8 cm³/mol. The van der Waals surface area contributed by atoms with Gasteiger partial charge in [0.25, 0.3) is 0 Å². The van der Waals surface area contributed by atoms with Crippen molar-refractivity contribution >= 4 is 0 Å². The van der Waals surface area contributed by atoms with Gasteiger partial charge in [0.05, 0.1) is 11.7 Å². The fourth-order valence-electron chi connectivity index (χ4n) is 1.03. The highest BCUT2D eigenvalue weighted by molar-refractivity contribution is 5.15. The molecule has 10 heavy (non-hydrogen) atoms. The highest BCUT2D eigenvalue weighted by Gasteiger charge is 2.24. The summed E-state index contributed by atoms with van der Waals surface area (Å²) in [6.45, 7) is 3.78. The van der Waals surface area contributed by atoms with E-state index in [1.165, 1.54) is 0 Å². The summed E-state index contributed by atoms with van der Waals surface area (Å²) in [4.78, 5) is 0. The van der Waals surface area contributed by atoms with Crippen molar-refractivity contribution in [3.8, 4) is 0 Å². The van der Waals surface area contributed by atoms with Crippen molar-refractivity contribution in [2.24, 2.45) is 0 Å². The monoisotopic (exact) mass is 144 g/mol. The molecule has 0 amide bonds. The van der Waals surface area contributed by atoms with E-state index < -0.39 is 0 Å². The van der Waals surface area contributed by atoms with Crippen LogP contribution in [0.25, 0.3) is 0 Å². The Morgan fingerprint density at radius 1 is 1.70 bits per heavy atom. The van der Waals surface area contributed by atoms with Gasteiger partial charge in [0.2, 0.25) is 0 Å². The van der Waals surface area contributed by atoms with Crippen molar-refractivity contribution in [2.75, 3.05) is 7.05 Å². The fraction of sp³-hybridized carbons (Fsp3) is 0.714. The van der Waals surface area contributed by atoms with E-state index in [0.29, 0.717) is 0 Å². The van der Waals surface area contributed by atoms with Crippen molar-refractivity contribution < 1.29 is 4.39 Å². The molecular weight excluding hydrogens is 131 g/mol. The maximum atomic E-state index is 13.0. The van der Waals surface area contributed by atoms with Crippen LogP contribution in [0.1, 0.15) is 20.3 Å². The molecule has 0 aliphatic carbocycles. The van der Waals surface area contributed by atoms with E-state index in [2.05, 4.69) is 5.43 Å². The molecule has 0 aromatic heterocycles. The number of nitrogens with one attached hydrogen (secondary N) is 1. The zero-order valence-electron chi connectivity index (χ0n) is 6.61. The van der Waals surface area contributed by atoms with Gasteiger partial charge >= 0.3 is 0 Å². The number of rotatable bonds is 1. The molecule has 3 heteroatoms. The van der Waals surface area contributed by atoms with Gasteiger partial charge in [-0.3, -0.25) is 0 Å². The molecule has 0 aromatic carbocycles. The van der Waals surface area contributed by atoms with Crippen LogP contribution in [-0.4, -0.2) is 18.1 Å². The van der Waals surface area contributed by atoms with Gasteiger partial charge in [0.1, 0.15) is 5.83 Å². The predicted octanol–water partition coefficient (Wildman–Crippen LogP) is 1.42. The molecule has 58 valence electrons. The molecule has 1 atom stereocenters. The molecule has 0 radical (unpaired) electrons. The van der Waals surface area contributed by atoms with Gasteiger partial charge in [-0.25, -0.2) is 9.40 Å². The van der Waals surface area contributed by atoms with Crippen molar-refractivity contribution in [3.05, 3.63) is 11.5 Å². The summed E-state index contributed by atoms with van der Waals surface area (Å²) in [7, 11) is 1.84. The Labute approximate surface area is 60.7 Å². The van der Waals surface area contributed by atoms with Crippen molar-refractivity contribution in [3.63, 3.8) is 0 Å². The first kappa shape index (κ1) is 7.54. The zero-order chi connectivity index (χ0) is 7.72. The molecular formula is C7H13FN2. The standard InChI is InChI=1S/C7H13FN2/c1-4-6-7(8)5(2)10(3)9-6/h5,9H,4H2,1-3H3. The Balaban J connectivity index is 2.73. The lowest BCUT2D eigenvalue weighted by atomic mass is 10.2. The highest BCUT2D eigenvalue weighted by Crippen LogP contribution is 2.21. The lowest BCUT2D eigenvalue weighted by molar-refractivity contribution is 0.241. The van der Waals surface area contributed by atoms with Crippen molar-refractivity contribution in [2.45, 2.75) is 26.3 Å². The van der Waals surface area contributed by atoms with Gasteiger partial charge in [-0.2, -0.15) is 0 Å². The van der Waals surface area contributed by atoms with Crippen LogP contribution in [0.2, 0.25) is 0 Å². The molecule has 1 aliphatic heterocycles. The van der Waals surface area contributed by atoms with Gasteiger partial charge < -0.3 is 5.43 Å². The highest BCUT2D eigenvalue weighted by atomic mass is 19.1. The Kier molecular flexibility index (Phi) is 1.94. The molecule has 0 saturated heterocycles. The Bertz CT molecular complexity index is 165. The third-order valence-electron chi connectivity index (χ3n) is 1.90. The molecule has 1 N–H and O–H groups in total. The minimum absolute atomic E-state index is 0.0231. The summed E-state index contributed by atoms with van der Waals surface area (Å²) in [5.74, 6) is -0.0231. The normalized spacial score (nSPS) is 27.4. The van der Waals surface area contributed by atoms with Gasteiger partial charge in [0, 0.05) is 7.05 Å². The number of hydrazine groups is 1. The van der Waals surface area contributed by atoms with Crippen LogP contribution in [0.5, 0.6) is 0 Å². The summed E-state index contributed by atoms with van der Waals surface area (Å²) in [6.07, 6.45) is 0.737. The van der Waals surface area contributed by atoms with Crippen LogP contribution in [0.3, 0.4) is 0 Å². The zero-order valence-corrected chi connectivity index (χ0v) is 6.61. The van der Waals surface area contributed by atoms with E-state index in [9.17, 15) is 4.39 Å². The largest absolute Gasteiger partial charge is 0.320 e. The van der Waals surface area contributed by atoms with Crippen LogP contribution in [0, 0.1) is 0 Å². The number of nitrogens with zero attached hydrogens (tertiary/aromatic N) is 1. The summed E-state index contributed by atoms with van der Waals surface area (Å²) in [6, 6.07) is -0.102. The molecule has 0 saturated carbocycles. The van der Waals surface area contributed by atoms with Gasteiger partial charge in [-0.15, -0.1) is 0 Å². The average molecular weight is 144 g/mol. The number of hydrogen-bond donors (Lipinski definition) is 1. The van der Waals surface area contributed by atoms with Gasteiger partial charge in [-0.05, 0) is 13.3 Å². The molecule has 1 rings (SSSR count). The van der Waals surface area contributed by atoms with E-state index in [-0.39, 0.29) is 11.9 Å². The number of halogens is 1. The van der Waals surface area contributed by atoms with E-state index in [1.807, 2.05) is 20.9 Å². The number of allylic oxidation sites excluding steroid dienone is 1. The first-order valence-corrected chi connectivity index (χ1v) is 3.54. The second-order valence-electron chi connectivity index (χ2n) is 2.58. The average Bonchev–Trinajstić information content (AvgIpc) is 2.17. The first-order chi connectivity index (χ1) is 4.66. The number of hydrogen-bond acceptors (Lipinski definition) is 2. The smallest absolute Gasteiger partial charge is 0.139 e.